The van der Waals surface area contributed by atoms with Crippen LogP contribution in [0.3, 0.4) is 0 Å². The van der Waals surface area contributed by atoms with Crippen molar-refractivity contribution in [2.45, 2.75) is 57.1 Å². The molecular formula is C14H18F5NO5S. The quantitative estimate of drug-likeness (QED) is 0.396. The molecule has 6 nitrogen and oxygen atoms in total. The number of allylic oxidation sites excluding steroid dienone is 1. The second kappa shape index (κ2) is 5.96. The van der Waals surface area contributed by atoms with Crippen LogP contribution >= 0.6 is 0 Å². The summed E-state index contributed by atoms with van der Waals surface area (Å²) in [6.07, 6.45) is -1.61. The first-order chi connectivity index (χ1) is 11.5. The fourth-order valence-corrected chi connectivity index (χ4v) is 3.30. The number of hydrogen-bond donors (Lipinski definition) is 0. The third-order valence-electron chi connectivity index (χ3n) is 3.84. The van der Waals surface area contributed by atoms with Crippen LogP contribution in [0.4, 0.5) is 26.7 Å². The van der Waals surface area contributed by atoms with Gasteiger partial charge in [-0.1, -0.05) is 0 Å². The molecule has 0 bridgehead atoms. The lowest BCUT2D eigenvalue weighted by molar-refractivity contribution is -0.149. The van der Waals surface area contributed by atoms with Crippen LogP contribution in [0.5, 0.6) is 0 Å². The van der Waals surface area contributed by atoms with Gasteiger partial charge in [0.2, 0.25) is 11.8 Å². The van der Waals surface area contributed by atoms with Crippen molar-refractivity contribution in [3.05, 3.63) is 12.0 Å². The molecule has 12 heteroatoms. The fraction of sp³-hybridized carbons (Fsp3) is 0.786. The smallest absolute Gasteiger partial charge is 0.443 e. The van der Waals surface area contributed by atoms with Crippen molar-refractivity contribution in [1.82, 2.24) is 4.90 Å². The molecule has 0 aromatic rings. The summed E-state index contributed by atoms with van der Waals surface area (Å²) in [5, 5.41) is 0. The van der Waals surface area contributed by atoms with Gasteiger partial charge < -0.3 is 8.92 Å². The summed E-state index contributed by atoms with van der Waals surface area (Å²) < 4.78 is 96.0. The summed E-state index contributed by atoms with van der Waals surface area (Å²) >= 11 is 0. The Morgan fingerprint density at radius 3 is 2.15 bits per heavy atom. The summed E-state index contributed by atoms with van der Waals surface area (Å²) in [5.41, 5.74) is -7.97. The number of rotatable bonds is 2. The summed E-state index contributed by atoms with van der Waals surface area (Å²) in [6, 6.07) is 0. The molecule has 0 atom stereocenters. The topological polar surface area (TPSA) is 72.9 Å². The van der Waals surface area contributed by atoms with Crippen molar-refractivity contribution in [3.63, 3.8) is 0 Å². The highest BCUT2D eigenvalue weighted by Crippen LogP contribution is 2.57. The summed E-state index contributed by atoms with van der Waals surface area (Å²) in [4.78, 5) is 12.7. The Hall–Kier alpha value is -1.59. The van der Waals surface area contributed by atoms with Crippen molar-refractivity contribution < 1.29 is 44.1 Å². The van der Waals surface area contributed by atoms with Crippen molar-refractivity contribution >= 4 is 16.2 Å². The van der Waals surface area contributed by atoms with Crippen LogP contribution in [0.1, 0.15) is 40.0 Å². The predicted octanol–water partition coefficient (Wildman–Crippen LogP) is 3.75. The average molecular weight is 407 g/mol. The van der Waals surface area contributed by atoms with Gasteiger partial charge >= 0.3 is 21.7 Å². The number of carbonyl (C=O) groups excluding carboxylic acids is 1. The molecule has 0 aromatic carbocycles. The van der Waals surface area contributed by atoms with Crippen LogP contribution < -0.4 is 0 Å². The van der Waals surface area contributed by atoms with Crippen molar-refractivity contribution in [2.75, 3.05) is 6.54 Å². The van der Waals surface area contributed by atoms with Gasteiger partial charge in [-0.2, -0.15) is 21.6 Å². The van der Waals surface area contributed by atoms with Crippen LogP contribution in [-0.4, -0.2) is 43.0 Å². The lowest BCUT2D eigenvalue weighted by Crippen LogP contribution is -2.51. The summed E-state index contributed by atoms with van der Waals surface area (Å²) in [7, 11) is -6.08. The van der Waals surface area contributed by atoms with Gasteiger partial charge in [0, 0.05) is 24.8 Å². The first-order valence-electron chi connectivity index (χ1n) is 7.57. The largest absolute Gasteiger partial charge is 0.534 e. The van der Waals surface area contributed by atoms with Crippen LogP contribution in [0.25, 0.3) is 0 Å². The van der Waals surface area contributed by atoms with E-state index in [2.05, 4.69) is 4.18 Å². The average Bonchev–Trinajstić information content (AvgIpc) is 2.31. The van der Waals surface area contributed by atoms with Crippen molar-refractivity contribution in [1.29, 1.82) is 0 Å². The van der Waals surface area contributed by atoms with Gasteiger partial charge in [-0.15, -0.1) is 0 Å². The van der Waals surface area contributed by atoms with Crippen molar-refractivity contribution in [3.8, 4) is 0 Å². The van der Waals surface area contributed by atoms with Gasteiger partial charge in [0.1, 0.15) is 5.60 Å². The minimum atomic E-state index is -6.08. The van der Waals surface area contributed by atoms with E-state index < -0.39 is 57.4 Å². The number of amides is 1. The van der Waals surface area contributed by atoms with E-state index in [0.717, 1.165) is 6.08 Å². The molecule has 1 aliphatic carbocycles. The Balaban J connectivity index is 2.34. The highest BCUT2D eigenvalue weighted by molar-refractivity contribution is 7.87. The normalized spacial score (nSPS) is 22.5. The van der Waals surface area contributed by atoms with E-state index >= 15 is 0 Å². The van der Waals surface area contributed by atoms with Crippen LogP contribution in [0.15, 0.2) is 12.0 Å². The fourth-order valence-electron chi connectivity index (χ4n) is 2.84. The summed E-state index contributed by atoms with van der Waals surface area (Å²) in [6.45, 7) is 4.18. The molecule has 0 N–H and O–H groups in total. The van der Waals surface area contributed by atoms with Gasteiger partial charge in [0.25, 0.3) is 0 Å². The summed E-state index contributed by atoms with van der Waals surface area (Å²) in [5.74, 6) is -3.98. The maximum Gasteiger partial charge on any atom is 0.534 e. The minimum absolute atomic E-state index is 0.0146. The van der Waals surface area contributed by atoms with E-state index in [1.54, 1.807) is 0 Å². The molecule has 0 unspecified atom stereocenters. The second-order valence-corrected chi connectivity index (χ2v) is 8.96. The molecule has 0 saturated heterocycles. The van der Waals surface area contributed by atoms with Crippen LogP contribution in [0.2, 0.25) is 0 Å². The molecule has 1 amide bonds. The second-order valence-electron chi connectivity index (χ2n) is 7.42. The van der Waals surface area contributed by atoms with E-state index in [9.17, 15) is 35.2 Å². The highest BCUT2D eigenvalue weighted by Gasteiger charge is 2.58. The standard InChI is InChI=1S/C14H18F5NO5S/c1-11(2,3)24-10(21)20-5-4-12(7-13(15,16)8-12)6-9(20)25-26(22,23)14(17,18)19/h6H,4-5,7-8H2,1-3H3. The Labute approximate surface area is 147 Å². The van der Waals surface area contributed by atoms with E-state index in [-0.39, 0.29) is 13.0 Å². The zero-order valence-corrected chi connectivity index (χ0v) is 15.0. The molecule has 1 spiro atoms. The Morgan fingerprint density at radius 1 is 1.19 bits per heavy atom. The van der Waals surface area contributed by atoms with Gasteiger partial charge in [0.15, 0.2) is 0 Å². The van der Waals surface area contributed by atoms with Crippen LogP contribution in [-0.2, 0) is 19.0 Å². The number of carbonyl (C=O) groups is 1. The molecule has 26 heavy (non-hydrogen) atoms. The molecule has 1 heterocycles. The van der Waals surface area contributed by atoms with E-state index in [1.165, 1.54) is 20.8 Å². The zero-order chi connectivity index (χ0) is 20.2. The number of ether oxygens (including phenoxy) is 1. The molecule has 0 radical (unpaired) electrons. The number of alkyl halides is 5. The maximum atomic E-state index is 13.2. The van der Waals surface area contributed by atoms with E-state index in [0.29, 0.717) is 4.90 Å². The third kappa shape index (κ3) is 4.38. The molecule has 1 aliphatic heterocycles. The zero-order valence-electron chi connectivity index (χ0n) is 14.2. The van der Waals surface area contributed by atoms with Gasteiger partial charge in [-0.3, -0.25) is 0 Å². The van der Waals surface area contributed by atoms with Crippen LogP contribution in [0, 0.1) is 5.41 Å². The van der Waals surface area contributed by atoms with Crippen molar-refractivity contribution in [2.24, 2.45) is 5.41 Å². The molecule has 0 aromatic heterocycles. The molecule has 150 valence electrons. The number of hydrogen-bond acceptors (Lipinski definition) is 5. The molecule has 2 aliphatic rings. The van der Waals surface area contributed by atoms with Gasteiger partial charge in [0.05, 0.1) is 0 Å². The minimum Gasteiger partial charge on any atom is -0.443 e. The maximum absolute atomic E-state index is 13.2. The van der Waals surface area contributed by atoms with E-state index in [4.69, 9.17) is 4.74 Å². The monoisotopic (exact) mass is 407 g/mol. The Kier molecular flexibility index (Phi) is 4.75. The highest BCUT2D eigenvalue weighted by atomic mass is 32.2. The van der Waals surface area contributed by atoms with Gasteiger partial charge in [-0.25, -0.2) is 18.5 Å². The Morgan fingerprint density at radius 2 is 1.73 bits per heavy atom. The number of halogens is 5. The lowest BCUT2D eigenvalue weighted by atomic mass is 9.63. The van der Waals surface area contributed by atoms with Gasteiger partial charge in [-0.05, 0) is 33.3 Å². The molecule has 2 rings (SSSR count). The Bertz CT molecular complexity index is 715. The first kappa shape index (κ1) is 20.7. The lowest BCUT2D eigenvalue weighted by Gasteiger charge is -2.49. The molecular weight excluding hydrogens is 389 g/mol. The molecule has 1 saturated carbocycles. The first-order valence-corrected chi connectivity index (χ1v) is 8.98. The molecule has 1 fully saturated rings. The predicted molar refractivity (Wildman–Crippen MR) is 78.3 cm³/mol. The SMILES string of the molecule is CC(C)(C)OC(=O)N1CCC2(C=C1OS(=O)(=O)C(F)(F)F)CC(F)(F)C2. The third-order valence-corrected chi connectivity index (χ3v) is 4.80. The number of nitrogens with zero attached hydrogens (tertiary/aromatic N) is 1. The van der Waals surface area contributed by atoms with E-state index in [1.807, 2.05) is 0 Å².